The van der Waals surface area contributed by atoms with E-state index in [-0.39, 0.29) is 36.0 Å². The van der Waals surface area contributed by atoms with E-state index in [0.717, 1.165) is 25.9 Å². The third kappa shape index (κ3) is 5.09. The van der Waals surface area contributed by atoms with E-state index in [2.05, 4.69) is 10.6 Å². The van der Waals surface area contributed by atoms with Crippen molar-refractivity contribution in [3.05, 3.63) is 0 Å². The predicted octanol–water partition coefficient (Wildman–Crippen LogP) is 0.338. The van der Waals surface area contributed by atoms with Crippen LogP contribution in [0.25, 0.3) is 0 Å². The van der Waals surface area contributed by atoms with Gasteiger partial charge in [-0.25, -0.2) is 12.7 Å². The SMILES string of the molecule is CCS(=O)(=O)N1CCC(C(=O)N[C@H]2CCCNC2)CC1.Cl. The standard InChI is InChI=1S/C13H25N3O3S.ClH/c1-2-20(18,19)16-8-5-11(6-9-16)13(17)15-12-4-3-7-14-10-12;/h11-12,14H,2-10H2,1H3,(H,15,17);1H/t12-;/m0./s1. The molecule has 1 atom stereocenters. The molecule has 0 aliphatic carbocycles. The van der Waals surface area contributed by atoms with Crippen LogP contribution in [0.2, 0.25) is 0 Å². The summed E-state index contributed by atoms with van der Waals surface area (Å²) in [7, 11) is -3.11. The molecule has 0 saturated carbocycles. The van der Waals surface area contributed by atoms with Crippen LogP contribution in [0, 0.1) is 5.92 Å². The molecule has 0 unspecified atom stereocenters. The molecule has 2 aliphatic rings. The zero-order valence-corrected chi connectivity index (χ0v) is 14.1. The molecule has 0 aromatic heterocycles. The van der Waals surface area contributed by atoms with Crippen LogP contribution in [-0.2, 0) is 14.8 Å². The minimum atomic E-state index is -3.11. The third-order valence-corrected chi connectivity index (χ3v) is 6.11. The number of carbonyl (C=O) groups excluding carboxylic acids is 1. The Morgan fingerprint density at radius 3 is 2.48 bits per heavy atom. The molecule has 2 saturated heterocycles. The van der Waals surface area contributed by atoms with E-state index in [9.17, 15) is 13.2 Å². The van der Waals surface area contributed by atoms with Crippen LogP contribution in [0.1, 0.15) is 32.6 Å². The van der Waals surface area contributed by atoms with E-state index in [4.69, 9.17) is 0 Å². The second-order valence-corrected chi connectivity index (χ2v) is 7.88. The Bertz CT molecular complexity index is 430. The maximum Gasteiger partial charge on any atom is 0.223 e. The molecule has 8 heteroatoms. The van der Waals surface area contributed by atoms with Gasteiger partial charge in [0.25, 0.3) is 0 Å². The van der Waals surface area contributed by atoms with Crippen LogP contribution >= 0.6 is 12.4 Å². The summed E-state index contributed by atoms with van der Waals surface area (Å²) in [5, 5.41) is 6.36. The fourth-order valence-electron chi connectivity index (χ4n) is 2.87. The molecule has 6 nitrogen and oxygen atoms in total. The molecule has 0 aromatic rings. The summed E-state index contributed by atoms with van der Waals surface area (Å²) in [6.45, 7) is 4.47. The van der Waals surface area contributed by atoms with E-state index in [1.165, 1.54) is 4.31 Å². The second kappa shape index (κ2) is 8.31. The summed E-state index contributed by atoms with van der Waals surface area (Å²) in [4.78, 5) is 12.2. The van der Waals surface area contributed by atoms with Crippen molar-refractivity contribution in [1.29, 1.82) is 0 Å². The van der Waals surface area contributed by atoms with Crippen molar-refractivity contribution >= 4 is 28.3 Å². The molecular formula is C13H26ClN3O3S. The summed E-state index contributed by atoms with van der Waals surface area (Å²) in [5.74, 6) is 0.185. The lowest BCUT2D eigenvalue weighted by Gasteiger charge is -2.32. The highest BCUT2D eigenvalue weighted by Crippen LogP contribution is 2.20. The summed E-state index contributed by atoms with van der Waals surface area (Å²) < 4.78 is 25.0. The van der Waals surface area contributed by atoms with Gasteiger partial charge >= 0.3 is 0 Å². The van der Waals surface area contributed by atoms with Crippen molar-refractivity contribution < 1.29 is 13.2 Å². The molecule has 2 rings (SSSR count). The molecule has 124 valence electrons. The number of halogens is 1. The normalized spacial score (nSPS) is 25.1. The number of nitrogens with zero attached hydrogens (tertiary/aromatic N) is 1. The van der Waals surface area contributed by atoms with Gasteiger partial charge in [0.05, 0.1) is 5.75 Å². The lowest BCUT2D eigenvalue weighted by Crippen LogP contribution is -2.49. The van der Waals surface area contributed by atoms with Crippen LogP contribution in [0.4, 0.5) is 0 Å². The monoisotopic (exact) mass is 339 g/mol. The van der Waals surface area contributed by atoms with E-state index < -0.39 is 10.0 Å². The minimum absolute atomic E-state index is 0. The van der Waals surface area contributed by atoms with E-state index in [1.807, 2.05) is 0 Å². The first-order valence-electron chi connectivity index (χ1n) is 7.52. The maximum absolute atomic E-state index is 12.2. The van der Waals surface area contributed by atoms with Gasteiger partial charge < -0.3 is 10.6 Å². The average molecular weight is 340 g/mol. The Hall–Kier alpha value is -0.370. The minimum Gasteiger partial charge on any atom is -0.352 e. The largest absolute Gasteiger partial charge is 0.352 e. The lowest BCUT2D eigenvalue weighted by atomic mass is 9.96. The third-order valence-electron chi connectivity index (χ3n) is 4.23. The van der Waals surface area contributed by atoms with Crippen molar-refractivity contribution in [2.45, 2.75) is 38.6 Å². The van der Waals surface area contributed by atoms with Crippen molar-refractivity contribution in [1.82, 2.24) is 14.9 Å². The molecule has 0 bridgehead atoms. The summed E-state index contributed by atoms with van der Waals surface area (Å²) >= 11 is 0. The van der Waals surface area contributed by atoms with Crippen molar-refractivity contribution in [3.8, 4) is 0 Å². The fourth-order valence-corrected chi connectivity index (χ4v) is 4.01. The van der Waals surface area contributed by atoms with E-state index in [1.54, 1.807) is 6.92 Å². The van der Waals surface area contributed by atoms with Gasteiger partial charge in [-0.1, -0.05) is 0 Å². The van der Waals surface area contributed by atoms with Crippen molar-refractivity contribution in [3.63, 3.8) is 0 Å². The Balaban J connectivity index is 0.00000220. The van der Waals surface area contributed by atoms with Gasteiger partial charge in [0, 0.05) is 31.6 Å². The zero-order valence-electron chi connectivity index (χ0n) is 12.5. The van der Waals surface area contributed by atoms with E-state index in [0.29, 0.717) is 25.9 Å². The molecule has 2 aliphatic heterocycles. The first-order valence-corrected chi connectivity index (χ1v) is 9.12. The van der Waals surface area contributed by atoms with E-state index >= 15 is 0 Å². The van der Waals surface area contributed by atoms with Gasteiger partial charge in [0.1, 0.15) is 0 Å². The number of hydrogen-bond donors (Lipinski definition) is 2. The van der Waals surface area contributed by atoms with Crippen LogP contribution in [0.3, 0.4) is 0 Å². The number of sulfonamides is 1. The Morgan fingerprint density at radius 2 is 1.95 bits per heavy atom. The molecule has 1 amide bonds. The zero-order chi connectivity index (χ0) is 14.6. The van der Waals surface area contributed by atoms with Crippen molar-refractivity contribution in [2.24, 2.45) is 5.92 Å². The predicted molar refractivity (Wildman–Crippen MR) is 85.0 cm³/mol. The first-order chi connectivity index (χ1) is 9.53. The van der Waals surface area contributed by atoms with Gasteiger partial charge in [-0.2, -0.15) is 0 Å². The lowest BCUT2D eigenvalue weighted by molar-refractivity contribution is -0.126. The number of nitrogens with one attached hydrogen (secondary N) is 2. The molecule has 2 fully saturated rings. The Labute approximate surface area is 133 Å². The van der Waals surface area contributed by atoms with Gasteiger partial charge in [0.15, 0.2) is 0 Å². The van der Waals surface area contributed by atoms with Crippen molar-refractivity contribution in [2.75, 3.05) is 31.9 Å². The number of amides is 1. The Kier molecular flexibility index (Phi) is 7.39. The highest BCUT2D eigenvalue weighted by Gasteiger charge is 2.31. The molecule has 0 aromatic carbocycles. The highest BCUT2D eigenvalue weighted by atomic mass is 35.5. The smallest absolute Gasteiger partial charge is 0.223 e. The summed E-state index contributed by atoms with van der Waals surface area (Å²) in [5.41, 5.74) is 0. The van der Waals surface area contributed by atoms with Gasteiger partial charge in [-0.05, 0) is 39.2 Å². The molecular weight excluding hydrogens is 314 g/mol. The fraction of sp³-hybridized carbons (Fsp3) is 0.923. The maximum atomic E-state index is 12.2. The van der Waals surface area contributed by atoms with Gasteiger partial charge in [0.2, 0.25) is 15.9 Å². The van der Waals surface area contributed by atoms with Crippen LogP contribution in [0.5, 0.6) is 0 Å². The number of hydrogen-bond acceptors (Lipinski definition) is 4. The first kappa shape index (κ1) is 18.7. The molecule has 2 heterocycles. The number of carbonyl (C=O) groups is 1. The quantitative estimate of drug-likeness (QED) is 0.774. The van der Waals surface area contributed by atoms with Crippen LogP contribution < -0.4 is 10.6 Å². The second-order valence-electron chi connectivity index (χ2n) is 5.63. The molecule has 2 N–H and O–H groups in total. The average Bonchev–Trinajstić information content (AvgIpc) is 2.48. The van der Waals surface area contributed by atoms with Crippen LogP contribution in [-0.4, -0.2) is 56.6 Å². The summed E-state index contributed by atoms with van der Waals surface area (Å²) in [6.07, 6.45) is 3.39. The Morgan fingerprint density at radius 1 is 1.29 bits per heavy atom. The summed E-state index contributed by atoms with van der Waals surface area (Å²) in [6, 6.07) is 0.230. The molecule has 0 spiro atoms. The number of rotatable bonds is 4. The van der Waals surface area contributed by atoms with Gasteiger partial charge in [-0.15, -0.1) is 12.4 Å². The molecule has 21 heavy (non-hydrogen) atoms. The highest BCUT2D eigenvalue weighted by molar-refractivity contribution is 7.89. The number of piperidine rings is 2. The van der Waals surface area contributed by atoms with Crippen LogP contribution in [0.15, 0.2) is 0 Å². The molecule has 0 radical (unpaired) electrons. The van der Waals surface area contributed by atoms with Gasteiger partial charge in [-0.3, -0.25) is 4.79 Å². The topological polar surface area (TPSA) is 78.5 Å².